The van der Waals surface area contributed by atoms with Crippen LogP contribution in [-0.4, -0.2) is 36.3 Å². The minimum Gasteiger partial charge on any atom is -0.339 e. The van der Waals surface area contributed by atoms with Crippen molar-refractivity contribution >= 4 is 17.5 Å². The number of piperidine rings is 1. The molecule has 0 spiro atoms. The van der Waals surface area contributed by atoms with Crippen molar-refractivity contribution in [1.29, 1.82) is 0 Å². The first kappa shape index (κ1) is 20.8. The highest BCUT2D eigenvalue weighted by Gasteiger charge is 2.31. The fourth-order valence-corrected chi connectivity index (χ4v) is 3.50. The lowest BCUT2D eigenvalue weighted by atomic mass is 9.94. The van der Waals surface area contributed by atoms with Crippen LogP contribution in [0.2, 0.25) is 0 Å². The number of anilines is 1. The summed E-state index contributed by atoms with van der Waals surface area (Å²) in [5, 5.41) is 0. The molecule has 2 aromatic carbocycles. The lowest BCUT2D eigenvalue weighted by Crippen LogP contribution is -2.44. The normalized spacial score (nSPS) is 14.7. The van der Waals surface area contributed by atoms with E-state index in [-0.39, 0.29) is 36.8 Å². The Morgan fingerprint density at radius 2 is 1.66 bits per heavy atom. The highest BCUT2D eigenvalue weighted by Crippen LogP contribution is 2.26. The lowest BCUT2D eigenvalue weighted by molar-refractivity contribution is -0.123. The Balaban J connectivity index is 1.66. The van der Waals surface area contributed by atoms with E-state index in [0.29, 0.717) is 18.9 Å². The molecule has 154 valence electrons. The van der Waals surface area contributed by atoms with E-state index in [0.717, 1.165) is 24.3 Å². The summed E-state index contributed by atoms with van der Waals surface area (Å²) in [5.74, 6) is -4.90. The zero-order valence-electron chi connectivity index (χ0n) is 15.8. The molecule has 0 aliphatic carbocycles. The second-order valence-corrected chi connectivity index (χ2v) is 6.87. The van der Waals surface area contributed by atoms with Crippen molar-refractivity contribution in [2.45, 2.75) is 19.8 Å². The summed E-state index contributed by atoms with van der Waals surface area (Å²) in [6.07, 6.45) is 0.709. The largest absolute Gasteiger partial charge is 0.339 e. The fraction of sp³-hybridized carbons (Fsp3) is 0.333. The third kappa shape index (κ3) is 4.41. The van der Waals surface area contributed by atoms with E-state index >= 15 is 0 Å². The molecule has 0 aromatic heterocycles. The van der Waals surface area contributed by atoms with Crippen LogP contribution in [0.5, 0.6) is 0 Å². The number of carbonyl (C=O) groups is 2. The second kappa shape index (κ2) is 8.63. The Hall–Kier alpha value is -2.90. The van der Waals surface area contributed by atoms with Gasteiger partial charge in [0.1, 0.15) is 11.6 Å². The molecule has 8 heteroatoms. The van der Waals surface area contributed by atoms with Crippen molar-refractivity contribution in [1.82, 2.24) is 4.90 Å². The molecule has 1 saturated heterocycles. The molecule has 0 unspecified atom stereocenters. The molecule has 4 nitrogen and oxygen atoms in total. The van der Waals surface area contributed by atoms with E-state index in [4.69, 9.17) is 0 Å². The van der Waals surface area contributed by atoms with Crippen molar-refractivity contribution in [3.8, 4) is 0 Å². The van der Waals surface area contributed by atoms with Crippen LogP contribution in [0.1, 0.15) is 30.1 Å². The number of benzene rings is 2. The van der Waals surface area contributed by atoms with Crippen molar-refractivity contribution in [3.05, 3.63) is 65.2 Å². The van der Waals surface area contributed by atoms with Crippen LogP contribution in [0.3, 0.4) is 0 Å². The van der Waals surface area contributed by atoms with Crippen LogP contribution in [0.25, 0.3) is 0 Å². The smallest absolute Gasteiger partial charge is 0.256 e. The third-order valence-electron chi connectivity index (χ3n) is 5.09. The molecule has 1 fully saturated rings. The van der Waals surface area contributed by atoms with Gasteiger partial charge in [-0.3, -0.25) is 9.59 Å². The number of halogens is 4. The first-order chi connectivity index (χ1) is 13.8. The number of nitrogens with zero attached hydrogens (tertiary/aromatic N) is 2. The molecular formula is C21H20F4N2O2. The summed E-state index contributed by atoms with van der Waals surface area (Å²) in [6, 6.07) is 6.08. The Labute approximate surface area is 165 Å². The highest BCUT2D eigenvalue weighted by atomic mass is 19.2. The van der Waals surface area contributed by atoms with Crippen molar-refractivity contribution < 1.29 is 27.2 Å². The van der Waals surface area contributed by atoms with Crippen LogP contribution in [-0.2, 0) is 4.79 Å². The SMILES string of the molecule is CCN(C(=O)C1CCN(C(=O)c2ccc(F)cc2F)CC1)c1ccc(F)c(F)c1. The molecule has 1 aliphatic heterocycles. The van der Waals surface area contributed by atoms with Crippen LogP contribution < -0.4 is 4.90 Å². The molecule has 0 N–H and O–H groups in total. The average Bonchev–Trinajstić information content (AvgIpc) is 2.71. The Bertz CT molecular complexity index is 927. The van der Waals surface area contributed by atoms with Gasteiger partial charge in [0.05, 0.1) is 5.56 Å². The molecule has 2 aromatic rings. The van der Waals surface area contributed by atoms with Crippen molar-refractivity contribution in [3.63, 3.8) is 0 Å². The Morgan fingerprint density at radius 1 is 0.966 bits per heavy atom. The summed E-state index contributed by atoms with van der Waals surface area (Å²) in [4.78, 5) is 28.2. The maximum atomic E-state index is 13.9. The van der Waals surface area contributed by atoms with E-state index in [1.54, 1.807) is 6.92 Å². The molecule has 0 bridgehead atoms. The maximum absolute atomic E-state index is 13.9. The van der Waals surface area contributed by atoms with Crippen LogP contribution >= 0.6 is 0 Å². The molecule has 0 atom stereocenters. The molecule has 29 heavy (non-hydrogen) atoms. The van der Waals surface area contributed by atoms with E-state index in [9.17, 15) is 27.2 Å². The quantitative estimate of drug-likeness (QED) is 0.714. The zero-order chi connectivity index (χ0) is 21.1. The molecule has 1 heterocycles. The molecule has 1 aliphatic rings. The minimum absolute atomic E-state index is 0.215. The van der Waals surface area contributed by atoms with E-state index in [1.165, 1.54) is 15.9 Å². The van der Waals surface area contributed by atoms with Gasteiger partial charge in [0.2, 0.25) is 5.91 Å². The number of amides is 2. The first-order valence-corrected chi connectivity index (χ1v) is 9.32. The highest BCUT2D eigenvalue weighted by molar-refractivity contribution is 5.96. The summed E-state index contributed by atoms with van der Waals surface area (Å²) in [6.45, 7) is 2.49. The number of hydrogen-bond acceptors (Lipinski definition) is 2. The summed E-state index contributed by atoms with van der Waals surface area (Å²) >= 11 is 0. The zero-order valence-corrected chi connectivity index (χ0v) is 15.8. The summed E-state index contributed by atoms with van der Waals surface area (Å²) in [7, 11) is 0. The second-order valence-electron chi connectivity index (χ2n) is 6.87. The molecular weight excluding hydrogens is 388 g/mol. The van der Waals surface area contributed by atoms with Crippen LogP contribution in [0.4, 0.5) is 23.2 Å². The average molecular weight is 408 g/mol. The summed E-state index contributed by atoms with van der Waals surface area (Å²) in [5.41, 5.74) is 0.0523. The lowest BCUT2D eigenvalue weighted by Gasteiger charge is -2.34. The van der Waals surface area contributed by atoms with E-state index in [2.05, 4.69) is 0 Å². The monoisotopic (exact) mass is 408 g/mol. The van der Waals surface area contributed by atoms with Gasteiger partial charge in [-0.2, -0.15) is 0 Å². The molecule has 0 radical (unpaired) electrons. The first-order valence-electron chi connectivity index (χ1n) is 9.32. The van der Waals surface area contributed by atoms with Crippen molar-refractivity contribution in [2.75, 3.05) is 24.5 Å². The fourth-order valence-electron chi connectivity index (χ4n) is 3.50. The molecule has 0 saturated carbocycles. The van der Waals surface area contributed by atoms with Gasteiger partial charge in [-0.05, 0) is 44.0 Å². The maximum Gasteiger partial charge on any atom is 0.256 e. The number of carbonyl (C=O) groups excluding carboxylic acids is 2. The Kier molecular flexibility index (Phi) is 6.20. The topological polar surface area (TPSA) is 40.6 Å². The van der Waals surface area contributed by atoms with Gasteiger partial charge in [0.15, 0.2) is 11.6 Å². The molecule has 2 amide bonds. The van der Waals surface area contributed by atoms with Gasteiger partial charge in [0.25, 0.3) is 5.91 Å². The van der Waals surface area contributed by atoms with Crippen LogP contribution in [0.15, 0.2) is 36.4 Å². The number of rotatable bonds is 4. The number of hydrogen-bond donors (Lipinski definition) is 0. The summed E-state index contributed by atoms with van der Waals surface area (Å²) < 4.78 is 53.6. The Morgan fingerprint density at radius 3 is 2.24 bits per heavy atom. The van der Waals surface area contributed by atoms with Gasteiger partial charge in [0, 0.05) is 43.4 Å². The predicted molar refractivity (Wildman–Crippen MR) is 99.4 cm³/mol. The van der Waals surface area contributed by atoms with E-state index < -0.39 is 35.1 Å². The van der Waals surface area contributed by atoms with Gasteiger partial charge in [-0.25, -0.2) is 17.6 Å². The van der Waals surface area contributed by atoms with Gasteiger partial charge >= 0.3 is 0 Å². The standard InChI is InChI=1S/C21H20F4N2O2/c1-2-27(15-4-6-17(23)19(25)12-15)20(28)13-7-9-26(10-8-13)21(29)16-5-3-14(22)11-18(16)24/h3-6,11-13H,2,7-10H2,1H3. The third-order valence-corrected chi connectivity index (χ3v) is 5.09. The predicted octanol–water partition coefficient (Wildman–Crippen LogP) is 4.15. The van der Waals surface area contributed by atoms with Crippen LogP contribution in [0, 0.1) is 29.2 Å². The van der Waals surface area contributed by atoms with E-state index in [1.807, 2.05) is 0 Å². The molecule has 3 rings (SSSR count). The number of likely N-dealkylation sites (tertiary alicyclic amines) is 1. The van der Waals surface area contributed by atoms with Crippen molar-refractivity contribution in [2.24, 2.45) is 5.92 Å². The van der Waals surface area contributed by atoms with Gasteiger partial charge in [-0.1, -0.05) is 0 Å². The van der Waals surface area contributed by atoms with Gasteiger partial charge < -0.3 is 9.80 Å². The van der Waals surface area contributed by atoms with Gasteiger partial charge in [-0.15, -0.1) is 0 Å². The minimum atomic E-state index is -1.03.